The molecule has 1 aromatic heterocycles. The van der Waals surface area contributed by atoms with Gasteiger partial charge in [0.05, 0.1) is 18.7 Å². The second-order valence-electron chi connectivity index (χ2n) is 7.80. The van der Waals surface area contributed by atoms with E-state index >= 15 is 0 Å². The maximum absolute atomic E-state index is 13.0. The van der Waals surface area contributed by atoms with Gasteiger partial charge in [0.2, 0.25) is 0 Å². The summed E-state index contributed by atoms with van der Waals surface area (Å²) >= 11 is 0. The molecule has 4 aromatic rings. The van der Waals surface area contributed by atoms with Crippen LogP contribution in [0.15, 0.2) is 113 Å². The van der Waals surface area contributed by atoms with Gasteiger partial charge in [-0.1, -0.05) is 78.9 Å². The van der Waals surface area contributed by atoms with Gasteiger partial charge in [0, 0.05) is 5.69 Å². The Kier molecular flexibility index (Phi) is 8.01. The Bertz CT molecular complexity index is 1300. The van der Waals surface area contributed by atoms with Crippen molar-refractivity contribution in [2.75, 3.05) is 5.32 Å². The number of furan rings is 1. The van der Waals surface area contributed by atoms with E-state index in [2.05, 4.69) is 21.2 Å². The number of para-hydroxylation sites is 1. The van der Waals surface area contributed by atoms with Gasteiger partial charge in [-0.2, -0.15) is 5.10 Å². The Labute approximate surface area is 208 Å². The van der Waals surface area contributed by atoms with Gasteiger partial charge in [-0.3, -0.25) is 14.4 Å². The van der Waals surface area contributed by atoms with Gasteiger partial charge in [-0.05, 0) is 35.4 Å². The zero-order chi connectivity index (χ0) is 25.2. The van der Waals surface area contributed by atoms with Gasteiger partial charge in [0.1, 0.15) is 11.5 Å². The number of nitrogens with zero attached hydrogens (tertiary/aromatic N) is 1. The van der Waals surface area contributed by atoms with Crippen LogP contribution in [0.5, 0.6) is 0 Å². The molecule has 3 N–H and O–H groups in total. The van der Waals surface area contributed by atoms with Gasteiger partial charge >= 0.3 is 11.8 Å². The monoisotopic (exact) mass is 480 g/mol. The van der Waals surface area contributed by atoms with Crippen LogP contribution < -0.4 is 16.1 Å². The molecule has 36 heavy (non-hydrogen) atoms. The molecule has 0 aliphatic rings. The first-order valence-corrected chi connectivity index (χ1v) is 11.3. The first-order chi connectivity index (χ1) is 17.6. The third-order valence-electron chi connectivity index (χ3n) is 5.24. The van der Waals surface area contributed by atoms with Crippen LogP contribution in [0, 0.1) is 0 Å². The van der Waals surface area contributed by atoms with Gasteiger partial charge in [0.15, 0.2) is 0 Å². The van der Waals surface area contributed by atoms with E-state index in [0.29, 0.717) is 17.2 Å². The summed E-state index contributed by atoms with van der Waals surface area (Å²) in [6.07, 6.45) is 1.37. The fourth-order valence-electron chi connectivity index (χ4n) is 3.53. The first kappa shape index (κ1) is 24.2. The van der Waals surface area contributed by atoms with Crippen molar-refractivity contribution in [3.8, 4) is 0 Å². The molecule has 0 radical (unpaired) electrons. The van der Waals surface area contributed by atoms with Crippen LogP contribution >= 0.6 is 0 Å². The molecular weight excluding hydrogens is 456 g/mol. The van der Waals surface area contributed by atoms with Crippen molar-refractivity contribution in [2.45, 2.75) is 12.5 Å². The summed E-state index contributed by atoms with van der Waals surface area (Å²) in [6, 6.07) is 30.9. The zero-order valence-corrected chi connectivity index (χ0v) is 19.3. The number of hydrogen-bond acceptors (Lipinski definition) is 5. The molecule has 3 amide bonds. The van der Waals surface area contributed by atoms with Crippen LogP contribution in [-0.2, 0) is 20.9 Å². The molecular formula is C28H24N4O4. The fraction of sp³-hybridized carbons (Fsp3) is 0.0714. The standard InChI is InChI=1S/C28H24N4O4/c33-26(25(20-10-4-1-5-11-20)21-12-6-2-7-13-21)32-30-19-24-17-16-23(36-24)18-29-27(34)28(35)31-22-14-8-3-9-15-22/h1-17,19,25H,18H2,(H,29,34)(H,31,35)(H,32,33)/b30-19-. The predicted molar refractivity (Wildman–Crippen MR) is 136 cm³/mol. The third kappa shape index (κ3) is 6.54. The summed E-state index contributed by atoms with van der Waals surface area (Å²) in [7, 11) is 0. The molecule has 4 rings (SSSR count). The average molecular weight is 481 g/mol. The van der Waals surface area contributed by atoms with Gasteiger partial charge in [-0.25, -0.2) is 5.43 Å². The minimum Gasteiger partial charge on any atom is -0.458 e. The van der Waals surface area contributed by atoms with Gasteiger partial charge in [0.25, 0.3) is 5.91 Å². The van der Waals surface area contributed by atoms with Crippen molar-refractivity contribution < 1.29 is 18.8 Å². The molecule has 0 aliphatic carbocycles. The molecule has 0 unspecified atom stereocenters. The molecule has 0 atom stereocenters. The van der Waals surface area contributed by atoms with E-state index in [1.807, 2.05) is 66.7 Å². The van der Waals surface area contributed by atoms with Crippen LogP contribution in [0.1, 0.15) is 28.6 Å². The minimum atomic E-state index is -0.786. The van der Waals surface area contributed by atoms with E-state index in [9.17, 15) is 14.4 Å². The molecule has 0 spiro atoms. The number of rotatable bonds is 8. The van der Waals surface area contributed by atoms with E-state index in [-0.39, 0.29) is 12.5 Å². The minimum absolute atomic E-state index is 0.0192. The summed E-state index contributed by atoms with van der Waals surface area (Å²) < 4.78 is 5.60. The topological polar surface area (TPSA) is 113 Å². The number of carbonyl (C=O) groups excluding carboxylic acids is 3. The molecule has 0 bridgehead atoms. The van der Waals surface area contributed by atoms with Crippen LogP contribution in [0.25, 0.3) is 0 Å². The number of hydrogen-bond donors (Lipinski definition) is 3. The van der Waals surface area contributed by atoms with Crippen LogP contribution in [0.4, 0.5) is 5.69 Å². The van der Waals surface area contributed by atoms with Crippen molar-refractivity contribution in [1.82, 2.24) is 10.7 Å². The van der Waals surface area contributed by atoms with Crippen molar-refractivity contribution in [2.24, 2.45) is 5.10 Å². The second kappa shape index (κ2) is 11.9. The number of anilines is 1. The first-order valence-electron chi connectivity index (χ1n) is 11.3. The smallest absolute Gasteiger partial charge is 0.313 e. The van der Waals surface area contributed by atoms with Crippen LogP contribution in [-0.4, -0.2) is 23.9 Å². The Hall–Kier alpha value is -4.98. The lowest BCUT2D eigenvalue weighted by molar-refractivity contribution is -0.136. The highest BCUT2D eigenvalue weighted by atomic mass is 16.3. The Morgan fingerprint density at radius 1 is 0.750 bits per heavy atom. The lowest BCUT2D eigenvalue weighted by atomic mass is 9.91. The highest BCUT2D eigenvalue weighted by Crippen LogP contribution is 2.24. The highest BCUT2D eigenvalue weighted by Gasteiger charge is 2.22. The number of nitrogens with one attached hydrogen (secondary N) is 3. The summed E-state index contributed by atoms with van der Waals surface area (Å²) in [5.74, 6) is -1.56. The lowest BCUT2D eigenvalue weighted by Gasteiger charge is -2.16. The largest absolute Gasteiger partial charge is 0.458 e. The molecule has 0 fully saturated rings. The zero-order valence-electron chi connectivity index (χ0n) is 19.3. The molecule has 1 heterocycles. The summed E-state index contributed by atoms with van der Waals surface area (Å²) in [5, 5.41) is 9.04. The maximum atomic E-state index is 13.0. The quantitative estimate of drug-likeness (QED) is 0.202. The predicted octanol–water partition coefficient (Wildman–Crippen LogP) is 3.82. The molecule has 0 saturated carbocycles. The number of amides is 3. The number of carbonyl (C=O) groups is 3. The number of hydrazone groups is 1. The molecule has 8 nitrogen and oxygen atoms in total. The maximum Gasteiger partial charge on any atom is 0.313 e. The van der Waals surface area contributed by atoms with E-state index in [1.54, 1.807) is 36.4 Å². The summed E-state index contributed by atoms with van der Waals surface area (Å²) in [5.41, 5.74) is 4.80. The summed E-state index contributed by atoms with van der Waals surface area (Å²) in [4.78, 5) is 37.0. The second-order valence-corrected chi connectivity index (χ2v) is 7.80. The van der Waals surface area contributed by atoms with Crippen molar-refractivity contribution in [3.63, 3.8) is 0 Å². The molecule has 0 aliphatic heterocycles. The van der Waals surface area contributed by atoms with E-state index in [0.717, 1.165) is 11.1 Å². The summed E-state index contributed by atoms with van der Waals surface area (Å²) in [6.45, 7) is 0.0192. The van der Waals surface area contributed by atoms with Crippen molar-refractivity contribution >= 4 is 29.6 Å². The van der Waals surface area contributed by atoms with Crippen molar-refractivity contribution in [1.29, 1.82) is 0 Å². The van der Waals surface area contributed by atoms with Gasteiger partial charge in [-0.15, -0.1) is 0 Å². The van der Waals surface area contributed by atoms with E-state index in [1.165, 1.54) is 6.21 Å². The fourth-order valence-corrected chi connectivity index (χ4v) is 3.53. The molecule has 8 heteroatoms. The van der Waals surface area contributed by atoms with E-state index < -0.39 is 17.7 Å². The molecule has 0 saturated heterocycles. The van der Waals surface area contributed by atoms with Crippen LogP contribution in [0.3, 0.4) is 0 Å². The normalized spacial score (nSPS) is 10.8. The highest BCUT2D eigenvalue weighted by molar-refractivity contribution is 6.39. The van der Waals surface area contributed by atoms with E-state index in [4.69, 9.17) is 4.42 Å². The van der Waals surface area contributed by atoms with Crippen molar-refractivity contribution in [3.05, 3.63) is 126 Å². The number of benzene rings is 3. The Morgan fingerprint density at radius 2 is 1.33 bits per heavy atom. The molecule has 180 valence electrons. The SMILES string of the molecule is O=C(NCc1ccc(/C=N\NC(=O)C(c2ccccc2)c2ccccc2)o1)C(=O)Nc1ccccc1. The molecule has 3 aromatic carbocycles. The van der Waals surface area contributed by atoms with Gasteiger partial charge < -0.3 is 15.1 Å². The Morgan fingerprint density at radius 3 is 1.94 bits per heavy atom. The lowest BCUT2D eigenvalue weighted by Crippen LogP contribution is -2.34. The third-order valence-corrected chi connectivity index (χ3v) is 5.24. The average Bonchev–Trinajstić information content (AvgIpc) is 3.37. The Balaban J connectivity index is 1.31. The van der Waals surface area contributed by atoms with Crippen LogP contribution in [0.2, 0.25) is 0 Å².